The molecule has 0 radical (unpaired) electrons. The lowest BCUT2D eigenvalue weighted by atomic mass is 10.2. The predicted octanol–water partition coefficient (Wildman–Crippen LogP) is 2.34. The van der Waals surface area contributed by atoms with Gasteiger partial charge in [-0.05, 0) is 18.1 Å². The number of nitrogens with zero attached hydrogens (tertiary/aromatic N) is 1. The quantitative estimate of drug-likeness (QED) is 0.872. The molecule has 0 saturated carbocycles. The minimum absolute atomic E-state index is 0.321. The summed E-state index contributed by atoms with van der Waals surface area (Å²) in [4.78, 5) is 24.1. The zero-order valence-corrected chi connectivity index (χ0v) is 11.6. The number of carboxylic acid groups (broad SMARTS) is 1. The normalized spacial score (nSPS) is 11.7. The van der Waals surface area contributed by atoms with Gasteiger partial charge in [-0.2, -0.15) is 0 Å². The van der Waals surface area contributed by atoms with Crippen molar-refractivity contribution in [3.05, 3.63) is 34.9 Å². The van der Waals surface area contributed by atoms with Gasteiger partial charge in [0, 0.05) is 18.6 Å². The molecule has 2 N–H and O–H groups in total. The van der Waals surface area contributed by atoms with Crippen molar-refractivity contribution >= 4 is 23.6 Å². The van der Waals surface area contributed by atoms with Crippen LogP contribution >= 0.6 is 11.6 Å². The van der Waals surface area contributed by atoms with Gasteiger partial charge in [-0.3, -0.25) is 0 Å². The first-order valence-corrected chi connectivity index (χ1v) is 6.31. The van der Waals surface area contributed by atoms with Crippen LogP contribution in [0.2, 0.25) is 5.02 Å². The van der Waals surface area contributed by atoms with Gasteiger partial charge in [-0.15, -0.1) is 0 Å². The first-order valence-electron chi connectivity index (χ1n) is 5.93. The van der Waals surface area contributed by atoms with Crippen LogP contribution < -0.4 is 5.32 Å². The summed E-state index contributed by atoms with van der Waals surface area (Å²) in [5.41, 5.74) is 0.810. The van der Waals surface area contributed by atoms with Crippen LogP contribution in [0.25, 0.3) is 0 Å². The van der Waals surface area contributed by atoms with Crippen molar-refractivity contribution in [3.63, 3.8) is 0 Å². The summed E-state index contributed by atoms with van der Waals surface area (Å²) >= 11 is 6.00. The Labute approximate surface area is 117 Å². The molecule has 6 heteroatoms. The van der Waals surface area contributed by atoms with Crippen molar-refractivity contribution in [2.45, 2.75) is 25.9 Å². The van der Waals surface area contributed by atoms with E-state index < -0.39 is 18.0 Å². The number of amides is 2. The number of aliphatic carboxylic acids is 1. The third-order valence-corrected chi connectivity index (χ3v) is 3.08. The number of benzene rings is 1. The lowest BCUT2D eigenvalue weighted by molar-refractivity contribution is -0.139. The Balaban J connectivity index is 2.63. The molecule has 19 heavy (non-hydrogen) atoms. The predicted molar refractivity (Wildman–Crippen MR) is 73.2 cm³/mol. The van der Waals surface area contributed by atoms with E-state index in [2.05, 4.69) is 5.32 Å². The summed E-state index contributed by atoms with van der Waals surface area (Å²) in [6, 6.07) is 5.90. The number of hydrogen-bond acceptors (Lipinski definition) is 2. The number of urea groups is 1. The van der Waals surface area contributed by atoms with Crippen molar-refractivity contribution in [1.29, 1.82) is 0 Å². The minimum atomic E-state index is -1.04. The maximum atomic E-state index is 11.8. The average Bonchev–Trinajstić information content (AvgIpc) is 2.37. The molecule has 0 aromatic heterocycles. The van der Waals surface area contributed by atoms with Gasteiger partial charge in [-0.25, -0.2) is 9.59 Å². The summed E-state index contributed by atoms with van der Waals surface area (Å²) in [5, 5.41) is 11.9. The molecule has 1 rings (SSSR count). The number of carboxylic acids is 1. The summed E-state index contributed by atoms with van der Waals surface area (Å²) in [6.07, 6.45) is 0.334. The van der Waals surface area contributed by atoms with Crippen LogP contribution in [0.5, 0.6) is 0 Å². The molecule has 0 unspecified atom stereocenters. The van der Waals surface area contributed by atoms with E-state index in [9.17, 15) is 9.59 Å². The Morgan fingerprint density at radius 3 is 2.58 bits per heavy atom. The Bertz CT molecular complexity index is 465. The van der Waals surface area contributed by atoms with E-state index in [1.807, 2.05) is 18.2 Å². The van der Waals surface area contributed by atoms with Gasteiger partial charge in [0.2, 0.25) is 0 Å². The lowest BCUT2D eigenvalue weighted by Crippen LogP contribution is -2.46. The van der Waals surface area contributed by atoms with Crippen molar-refractivity contribution in [3.8, 4) is 0 Å². The Morgan fingerprint density at radius 1 is 1.42 bits per heavy atom. The second kappa shape index (κ2) is 6.99. The van der Waals surface area contributed by atoms with Crippen LogP contribution in [0.3, 0.4) is 0 Å². The highest BCUT2D eigenvalue weighted by atomic mass is 35.5. The topological polar surface area (TPSA) is 69.6 Å². The summed E-state index contributed by atoms with van der Waals surface area (Å²) in [5.74, 6) is -1.04. The zero-order chi connectivity index (χ0) is 14.4. The Kier molecular flexibility index (Phi) is 5.63. The van der Waals surface area contributed by atoms with Crippen LogP contribution in [0, 0.1) is 0 Å². The summed E-state index contributed by atoms with van der Waals surface area (Å²) < 4.78 is 0. The number of nitrogens with one attached hydrogen (secondary N) is 1. The van der Waals surface area contributed by atoms with Gasteiger partial charge in [0.25, 0.3) is 0 Å². The van der Waals surface area contributed by atoms with E-state index in [4.69, 9.17) is 16.7 Å². The zero-order valence-electron chi connectivity index (χ0n) is 10.9. The highest BCUT2D eigenvalue weighted by molar-refractivity contribution is 6.31. The third-order valence-electron chi connectivity index (χ3n) is 2.72. The molecular weight excluding hydrogens is 268 g/mol. The molecular formula is C13H17ClN2O3. The van der Waals surface area contributed by atoms with Crippen molar-refractivity contribution in [2.75, 3.05) is 7.05 Å². The average molecular weight is 285 g/mol. The fourth-order valence-electron chi connectivity index (χ4n) is 1.55. The van der Waals surface area contributed by atoms with Crippen molar-refractivity contribution in [1.82, 2.24) is 10.2 Å². The van der Waals surface area contributed by atoms with Gasteiger partial charge in [0.1, 0.15) is 6.04 Å². The van der Waals surface area contributed by atoms with E-state index in [0.717, 1.165) is 5.56 Å². The molecule has 1 aromatic rings. The van der Waals surface area contributed by atoms with E-state index in [1.165, 1.54) is 4.90 Å². The summed E-state index contributed by atoms with van der Waals surface area (Å²) in [6.45, 7) is 2.02. The fraction of sp³-hybridized carbons (Fsp3) is 0.385. The fourth-order valence-corrected chi connectivity index (χ4v) is 1.75. The number of rotatable bonds is 5. The van der Waals surface area contributed by atoms with E-state index >= 15 is 0 Å². The van der Waals surface area contributed by atoms with Crippen LogP contribution in [0.1, 0.15) is 18.9 Å². The van der Waals surface area contributed by atoms with Gasteiger partial charge in [0.05, 0.1) is 0 Å². The molecule has 0 fully saturated rings. The van der Waals surface area contributed by atoms with E-state index in [-0.39, 0.29) is 0 Å². The van der Waals surface area contributed by atoms with Crippen LogP contribution in [0.15, 0.2) is 24.3 Å². The first kappa shape index (κ1) is 15.3. The third kappa shape index (κ3) is 4.44. The van der Waals surface area contributed by atoms with Crippen molar-refractivity contribution < 1.29 is 14.7 Å². The minimum Gasteiger partial charge on any atom is -0.480 e. The summed E-state index contributed by atoms with van der Waals surface area (Å²) in [7, 11) is 1.59. The van der Waals surface area contributed by atoms with E-state index in [1.54, 1.807) is 20.0 Å². The number of hydrogen-bond donors (Lipinski definition) is 2. The molecule has 0 aliphatic carbocycles. The van der Waals surface area contributed by atoms with Gasteiger partial charge < -0.3 is 15.3 Å². The van der Waals surface area contributed by atoms with Gasteiger partial charge >= 0.3 is 12.0 Å². The lowest BCUT2D eigenvalue weighted by Gasteiger charge is -2.21. The Morgan fingerprint density at radius 2 is 2.05 bits per heavy atom. The maximum Gasteiger partial charge on any atom is 0.326 e. The highest BCUT2D eigenvalue weighted by Gasteiger charge is 2.20. The smallest absolute Gasteiger partial charge is 0.326 e. The maximum absolute atomic E-state index is 11.8. The largest absolute Gasteiger partial charge is 0.480 e. The number of carbonyl (C=O) groups excluding carboxylic acids is 1. The first-order chi connectivity index (χ1) is 8.95. The standard InChI is InChI=1S/C13H17ClN2O3/c1-3-11(12(17)18)15-13(19)16(2)8-9-6-4-5-7-10(9)14/h4-7,11H,3,8H2,1-2H3,(H,15,19)(H,17,18)/t11-/m0/s1. The van der Waals surface area contributed by atoms with Crippen LogP contribution in [-0.4, -0.2) is 35.1 Å². The molecule has 0 bridgehead atoms. The molecule has 0 aliphatic heterocycles. The monoisotopic (exact) mass is 284 g/mol. The molecule has 0 heterocycles. The molecule has 2 amide bonds. The Hall–Kier alpha value is -1.75. The molecule has 5 nitrogen and oxygen atoms in total. The molecule has 104 valence electrons. The molecule has 0 aliphatic rings. The van der Waals surface area contributed by atoms with Crippen LogP contribution in [0.4, 0.5) is 4.79 Å². The molecule has 0 saturated heterocycles. The number of carbonyl (C=O) groups is 2. The molecule has 1 atom stereocenters. The van der Waals surface area contributed by atoms with Gasteiger partial charge in [0.15, 0.2) is 0 Å². The highest BCUT2D eigenvalue weighted by Crippen LogP contribution is 2.16. The second-order valence-corrected chi connectivity index (χ2v) is 4.60. The molecule has 1 aromatic carbocycles. The second-order valence-electron chi connectivity index (χ2n) is 4.20. The SMILES string of the molecule is CC[C@H](NC(=O)N(C)Cc1ccccc1Cl)C(=O)O. The van der Waals surface area contributed by atoms with Crippen LogP contribution in [-0.2, 0) is 11.3 Å². The van der Waals surface area contributed by atoms with E-state index in [0.29, 0.717) is 18.0 Å². The number of halogens is 1. The molecule has 0 spiro atoms. The van der Waals surface area contributed by atoms with Gasteiger partial charge in [-0.1, -0.05) is 36.7 Å². The van der Waals surface area contributed by atoms with Crippen molar-refractivity contribution in [2.24, 2.45) is 0 Å².